The van der Waals surface area contributed by atoms with E-state index in [1.807, 2.05) is 0 Å². The van der Waals surface area contributed by atoms with Gasteiger partial charge >= 0.3 is 12.1 Å². The second-order valence-electron chi connectivity index (χ2n) is 10.2. The van der Waals surface area contributed by atoms with Gasteiger partial charge in [0.25, 0.3) is 0 Å². The minimum absolute atomic E-state index is 0.0696. The summed E-state index contributed by atoms with van der Waals surface area (Å²) in [6.45, 7) is 5.80. The molecule has 208 valence electrons. The molecule has 1 saturated carbocycles. The lowest BCUT2D eigenvalue weighted by molar-refractivity contribution is -0.139. The number of halogens is 3. The van der Waals surface area contributed by atoms with Crippen molar-refractivity contribution in [1.82, 2.24) is 19.7 Å². The van der Waals surface area contributed by atoms with Gasteiger partial charge in [0.2, 0.25) is 11.8 Å². The molecule has 2 aromatic heterocycles. The first-order valence-corrected chi connectivity index (χ1v) is 12.7. The largest absolute Gasteiger partial charge is 0.478 e. The van der Waals surface area contributed by atoms with Gasteiger partial charge < -0.3 is 19.3 Å². The normalized spacial score (nSPS) is 17.7. The third-order valence-electron chi connectivity index (χ3n) is 6.84. The highest BCUT2D eigenvalue weighted by Crippen LogP contribution is 2.39. The van der Waals surface area contributed by atoms with E-state index >= 15 is 0 Å². The maximum atomic E-state index is 13.9. The molecule has 1 aliphatic carbocycles. The first-order chi connectivity index (χ1) is 18.4. The Bertz CT molecular complexity index is 1320. The van der Waals surface area contributed by atoms with Gasteiger partial charge in [-0.2, -0.15) is 13.2 Å². The number of alkyl halides is 3. The fraction of sp³-hybridized carbons (Fsp3) is 0.444. The highest BCUT2D eigenvalue weighted by atomic mass is 19.4. The molecule has 1 aromatic carbocycles. The first kappa shape index (κ1) is 28.1. The van der Waals surface area contributed by atoms with E-state index in [1.165, 1.54) is 40.5 Å². The molecule has 12 heteroatoms. The molecule has 4 rings (SSSR count). The average Bonchev–Trinajstić information content (AvgIpc) is 3.38. The van der Waals surface area contributed by atoms with Gasteiger partial charge in [0.05, 0.1) is 17.8 Å². The number of anilines is 1. The zero-order valence-electron chi connectivity index (χ0n) is 21.9. The predicted molar refractivity (Wildman–Crippen MR) is 136 cm³/mol. The number of ether oxygens (including phenoxy) is 1. The van der Waals surface area contributed by atoms with Gasteiger partial charge in [0.15, 0.2) is 0 Å². The topological polar surface area (TPSA) is 110 Å². The molecule has 1 fully saturated rings. The van der Waals surface area contributed by atoms with Crippen LogP contribution >= 0.6 is 0 Å². The van der Waals surface area contributed by atoms with Crippen LogP contribution in [-0.2, 0) is 17.5 Å². The van der Waals surface area contributed by atoms with E-state index in [9.17, 15) is 27.9 Å². The molecule has 2 heterocycles. The number of hydrogen-bond acceptors (Lipinski definition) is 6. The number of carbonyl (C=O) groups excluding carboxylic acids is 1. The predicted octanol–water partition coefficient (Wildman–Crippen LogP) is 5.80. The number of aromatic nitrogens is 4. The van der Waals surface area contributed by atoms with Crippen molar-refractivity contribution in [3.63, 3.8) is 0 Å². The van der Waals surface area contributed by atoms with Gasteiger partial charge in [0.1, 0.15) is 24.0 Å². The van der Waals surface area contributed by atoms with E-state index in [0.29, 0.717) is 5.92 Å². The van der Waals surface area contributed by atoms with Crippen molar-refractivity contribution in [3.8, 4) is 11.6 Å². The number of nitrogens with zero attached hydrogens (tertiary/aromatic N) is 5. The van der Waals surface area contributed by atoms with Gasteiger partial charge in [-0.25, -0.2) is 9.78 Å². The summed E-state index contributed by atoms with van der Waals surface area (Å²) in [5.41, 5.74) is -0.947. The number of carboxylic acid groups (broad SMARTS) is 1. The fourth-order valence-electron chi connectivity index (χ4n) is 4.81. The summed E-state index contributed by atoms with van der Waals surface area (Å²) in [4.78, 5) is 31.0. The molecule has 0 saturated heterocycles. The van der Waals surface area contributed by atoms with Crippen LogP contribution < -0.4 is 9.64 Å². The maximum Gasteiger partial charge on any atom is 0.421 e. The standard InChI is InChI=1S/C27H30F3N5O4/c1-16(2)35(25(36)19-6-4-17(3)5-7-19)23-9-8-20(11-21(23)26(37)38)39-24-22(27(28,29)30)10-18(12-31-24)13-34-14-32-33-15-34/h8-12,14-17,19H,4-7,13H2,1-3H3,(H,37,38). The molecule has 0 unspecified atom stereocenters. The number of amides is 1. The molecule has 1 N–H and O–H groups in total. The average molecular weight is 546 g/mol. The number of aromatic carboxylic acids is 1. The van der Waals surface area contributed by atoms with E-state index in [0.717, 1.165) is 37.8 Å². The molecule has 39 heavy (non-hydrogen) atoms. The van der Waals surface area contributed by atoms with Gasteiger partial charge in [-0.05, 0) is 75.3 Å². The number of hydrogen-bond donors (Lipinski definition) is 1. The van der Waals surface area contributed by atoms with Crippen LogP contribution in [0.5, 0.6) is 11.6 Å². The summed E-state index contributed by atoms with van der Waals surface area (Å²) in [6, 6.07) is 4.45. The molecular weight excluding hydrogens is 515 g/mol. The molecule has 0 atom stereocenters. The van der Waals surface area contributed by atoms with Gasteiger partial charge in [0, 0.05) is 18.2 Å². The van der Waals surface area contributed by atoms with Crippen molar-refractivity contribution in [1.29, 1.82) is 0 Å². The smallest absolute Gasteiger partial charge is 0.421 e. The van der Waals surface area contributed by atoms with Crippen LogP contribution in [0.1, 0.15) is 67.9 Å². The van der Waals surface area contributed by atoms with E-state index in [2.05, 4.69) is 22.1 Å². The molecule has 0 aliphatic heterocycles. The number of benzene rings is 1. The maximum absolute atomic E-state index is 13.9. The molecular formula is C27H30F3N5O4. The number of rotatable bonds is 8. The van der Waals surface area contributed by atoms with Crippen LogP contribution in [0.2, 0.25) is 0 Å². The van der Waals surface area contributed by atoms with Gasteiger partial charge in [-0.3, -0.25) is 4.79 Å². The Morgan fingerprint density at radius 3 is 2.38 bits per heavy atom. The van der Waals surface area contributed by atoms with Crippen molar-refractivity contribution < 1.29 is 32.6 Å². The third-order valence-corrected chi connectivity index (χ3v) is 6.84. The van der Waals surface area contributed by atoms with Crippen LogP contribution in [0.4, 0.5) is 18.9 Å². The van der Waals surface area contributed by atoms with E-state index in [-0.39, 0.29) is 47.0 Å². The molecule has 0 spiro atoms. The van der Waals surface area contributed by atoms with Crippen molar-refractivity contribution in [2.24, 2.45) is 11.8 Å². The second-order valence-corrected chi connectivity index (χ2v) is 10.2. The van der Waals surface area contributed by atoms with Crippen LogP contribution in [-0.4, -0.2) is 42.8 Å². The van der Waals surface area contributed by atoms with E-state index in [1.54, 1.807) is 13.8 Å². The monoisotopic (exact) mass is 545 g/mol. The summed E-state index contributed by atoms with van der Waals surface area (Å²) in [6.07, 6.45) is 2.50. The number of carbonyl (C=O) groups is 2. The highest BCUT2D eigenvalue weighted by Gasteiger charge is 2.36. The lowest BCUT2D eigenvalue weighted by atomic mass is 9.82. The zero-order chi connectivity index (χ0) is 28.3. The fourth-order valence-corrected chi connectivity index (χ4v) is 4.81. The first-order valence-electron chi connectivity index (χ1n) is 12.7. The van der Waals surface area contributed by atoms with E-state index < -0.39 is 23.6 Å². The van der Waals surface area contributed by atoms with Crippen LogP contribution in [0.25, 0.3) is 0 Å². The van der Waals surface area contributed by atoms with Crippen molar-refractivity contribution in [3.05, 3.63) is 59.8 Å². The third kappa shape index (κ3) is 6.55. The van der Waals surface area contributed by atoms with Crippen LogP contribution in [0.3, 0.4) is 0 Å². The summed E-state index contributed by atoms with van der Waals surface area (Å²) in [5.74, 6) is -2.02. The lowest BCUT2D eigenvalue weighted by Gasteiger charge is -2.34. The SMILES string of the molecule is CC1CCC(C(=O)N(c2ccc(Oc3ncc(Cn4cnnc4)cc3C(F)(F)F)cc2C(=O)O)C(C)C)CC1. The van der Waals surface area contributed by atoms with Crippen molar-refractivity contribution in [2.45, 2.75) is 65.2 Å². The highest BCUT2D eigenvalue weighted by molar-refractivity contribution is 6.03. The minimum atomic E-state index is -4.78. The summed E-state index contributed by atoms with van der Waals surface area (Å²) < 4.78 is 48.6. The quantitative estimate of drug-likeness (QED) is 0.381. The minimum Gasteiger partial charge on any atom is -0.478 e. The number of carboxylic acids is 1. The Hall–Kier alpha value is -3.96. The molecule has 9 nitrogen and oxygen atoms in total. The lowest BCUT2D eigenvalue weighted by Crippen LogP contribution is -2.42. The summed E-state index contributed by atoms with van der Waals surface area (Å²) >= 11 is 0. The number of pyridine rings is 1. The van der Waals surface area contributed by atoms with Crippen LogP contribution in [0, 0.1) is 11.8 Å². The van der Waals surface area contributed by atoms with Gasteiger partial charge in [-0.15, -0.1) is 10.2 Å². The Morgan fingerprint density at radius 1 is 1.13 bits per heavy atom. The Labute approximate surface area is 223 Å². The molecule has 3 aromatic rings. The summed E-state index contributed by atoms with van der Waals surface area (Å²) in [7, 11) is 0. The zero-order valence-corrected chi connectivity index (χ0v) is 21.9. The Balaban J connectivity index is 1.65. The molecule has 1 amide bonds. The van der Waals surface area contributed by atoms with Crippen molar-refractivity contribution in [2.75, 3.05) is 4.90 Å². The molecule has 0 radical (unpaired) electrons. The molecule has 0 bridgehead atoms. The summed E-state index contributed by atoms with van der Waals surface area (Å²) in [5, 5.41) is 17.2. The van der Waals surface area contributed by atoms with E-state index in [4.69, 9.17) is 4.74 Å². The second kappa shape index (κ2) is 11.4. The Morgan fingerprint density at radius 2 is 1.79 bits per heavy atom. The van der Waals surface area contributed by atoms with Crippen molar-refractivity contribution >= 4 is 17.6 Å². The van der Waals surface area contributed by atoms with Gasteiger partial charge in [-0.1, -0.05) is 6.92 Å². The Kier molecular flexibility index (Phi) is 8.22. The van der Waals surface area contributed by atoms with Crippen LogP contribution in [0.15, 0.2) is 43.1 Å². The molecule has 1 aliphatic rings.